The molecule has 1 aliphatic heterocycles. The van der Waals surface area contributed by atoms with E-state index in [-0.39, 0.29) is 6.04 Å². The van der Waals surface area contributed by atoms with Gasteiger partial charge in [0, 0.05) is 18.0 Å². The lowest BCUT2D eigenvalue weighted by Crippen LogP contribution is -2.40. The van der Waals surface area contributed by atoms with Gasteiger partial charge in [0.05, 0.1) is 4.90 Å². The van der Waals surface area contributed by atoms with Crippen LogP contribution in [0.15, 0.2) is 47.4 Å². The minimum Gasteiger partial charge on any atom is -0.315 e. The zero-order valence-corrected chi connectivity index (χ0v) is 12.7. The molecule has 4 nitrogen and oxygen atoms in total. The molecule has 2 aromatic carbocycles. The Morgan fingerprint density at radius 3 is 2.76 bits per heavy atom. The maximum absolute atomic E-state index is 12.7. The van der Waals surface area contributed by atoms with E-state index in [1.165, 1.54) is 0 Å². The molecular weight excluding hydrogens is 284 g/mol. The molecule has 0 aliphatic carbocycles. The molecule has 1 saturated heterocycles. The van der Waals surface area contributed by atoms with E-state index in [1.807, 2.05) is 30.3 Å². The quantitative estimate of drug-likeness (QED) is 0.914. The van der Waals surface area contributed by atoms with Crippen molar-refractivity contribution >= 4 is 20.8 Å². The summed E-state index contributed by atoms with van der Waals surface area (Å²) < 4.78 is 28.2. The first-order valence-electron chi connectivity index (χ1n) is 7.38. The second-order valence-corrected chi connectivity index (χ2v) is 7.18. The fraction of sp³-hybridized carbons (Fsp3) is 0.375. The third kappa shape index (κ3) is 3.26. The van der Waals surface area contributed by atoms with Gasteiger partial charge in [-0.15, -0.1) is 0 Å². The Kier molecular flexibility index (Phi) is 4.24. The van der Waals surface area contributed by atoms with Gasteiger partial charge >= 0.3 is 0 Å². The van der Waals surface area contributed by atoms with E-state index in [0.29, 0.717) is 11.4 Å². The minimum absolute atomic E-state index is 0.0310. The predicted octanol–water partition coefficient (Wildman–Crippen LogP) is 2.26. The average molecular weight is 304 g/mol. The van der Waals surface area contributed by atoms with Crippen LogP contribution in [0, 0.1) is 0 Å². The summed E-state index contributed by atoms with van der Waals surface area (Å²) in [7, 11) is -3.49. The van der Waals surface area contributed by atoms with Gasteiger partial charge in [-0.05, 0) is 30.8 Å². The smallest absolute Gasteiger partial charge is 0.241 e. The molecule has 0 amide bonds. The number of rotatable bonds is 3. The van der Waals surface area contributed by atoms with Crippen LogP contribution in [0.1, 0.15) is 19.3 Å². The van der Waals surface area contributed by atoms with Crippen LogP contribution in [0.2, 0.25) is 0 Å². The molecule has 2 aromatic rings. The lowest BCUT2D eigenvalue weighted by Gasteiger charge is -2.17. The van der Waals surface area contributed by atoms with Crippen molar-refractivity contribution in [3.63, 3.8) is 0 Å². The van der Waals surface area contributed by atoms with E-state index in [0.717, 1.165) is 36.6 Å². The van der Waals surface area contributed by atoms with Crippen molar-refractivity contribution in [3.8, 4) is 0 Å². The summed E-state index contributed by atoms with van der Waals surface area (Å²) in [6.07, 6.45) is 3.04. The Bertz CT molecular complexity index is 715. The normalized spacial score (nSPS) is 20.3. The van der Waals surface area contributed by atoms with Crippen LogP contribution >= 0.6 is 0 Å². The van der Waals surface area contributed by atoms with E-state index < -0.39 is 10.0 Å². The topological polar surface area (TPSA) is 58.2 Å². The maximum Gasteiger partial charge on any atom is 0.241 e. The molecule has 0 bridgehead atoms. The molecule has 3 rings (SSSR count). The SMILES string of the molecule is O=S(=O)(NC1CCCCNC1)c1cccc2ccccc12. The van der Waals surface area contributed by atoms with Gasteiger partial charge in [-0.2, -0.15) is 0 Å². The summed E-state index contributed by atoms with van der Waals surface area (Å²) >= 11 is 0. The highest BCUT2D eigenvalue weighted by Gasteiger charge is 2.22. The molecule has 1 atom stereocenters. The molecular formula is C16H20N2O2S. The Labute approximate surface area is 125 Å². The number of sulfonamides is 1. The second kappa shape index (κ2) is 6.13. The van der Waals surface area contributed by atoms with E-state index in [1.54, 1.807) is 12.1 Å². The van der Waals surface area contributed by atoms with Crippen LogP contribution in [0.5, 0.6) is 0 Å². The Morgan fingerprint density at radius 1 is 1.05 bits per heavy atom. The van der Waals surface area contributed by atoms with Crippen LogP contribution < -0.4 is 10.0 Å². The zero-order chi connectivity index (χ0) is 14.7. The molecule has 5 heteroatoms. The van der Waals surface area contributed by atoms with E-state index in [4.69, 9.17) is 0 Å². The van der Waals surface area contributed by atoms with E-state index >= 15 is 0 Å². The molecule has 2 N–H and O–H groups in total. The van der Waals surface area contributed by atoms with Gasteiger partial charge in [0.15, 0.2) is 0 Å². The van der Waals surface area contributed by atoms with Crippen molar-refractivity contribution in [1.82, 2.24) is 10.0 Å². The van der Waals surface area contributed by atoms with Crippen LogP contribution in [0.4, 0.5) is 0 Å². The highest BCUT2D eigenvalue weighted by atomic mass is 32.2. The number of hydrogen-bond donors (Lipinski definition) is 2. The molecule has 1 heterocycles. The monoisotopic (exact) mass is 304 g/mol. The van der Waals surface area contributed by atoms with Gasteiger partial charge in [0.2, 0.25) is 10.0 Å². The third-order valence-corrected chi connectivity index (χ3v) is 5.49. The van der Waals surface area contributed by atoms with Gasteiger partial charge in [-0.3, -0.25) is 0 Å². The van der Waals surface area contributed by atoms with Gasteiger partial charge in [-0.25, -0.2) is 13.1 Å². The molecule has 0 saturated carbocycles. The predicted molar refractivity (Wildman–Crippen MR) is 84.8 cm³/mol. The second-order valence-electron chi connectivity index (χ2n) is 5.50. The first-order chi connectivity index (χ1) is 10.2. The van der Waals surface area contributed by atoms with Crippen LogP contribution in [-0.2, 0) is 10.0 Å². The molecule has 0 radical (unpaired) electrons. The van der Waals surface area contributed by atoms with E-state index in [9.17, 15) is 8.42 Å². The molecule has 0 spiro atoms. The standard InChI is InChI=1S/C16H20N2O2S/c19-21(20,18-14-8-3-4-11-17-12-14)16-10-5-7-13-6-1-2-9-15(13)16/h1-2,5-7,9-10,14,17-18H,3-4,8,11-12H2. The lowest BCUT2D eigenvalue weighted by molar-refractivity contribution is 0.522. The summed E-state index contributed by atoms with van der Waals surface area (Å²) in [5, 5.41) is 5.00. The third-order valence-electron chi connectivity index (χ3n) is 3.91. The fourth-order valence-corrected chi connectivity index (χ4v) is 4.33. The van der Waals surface area contributed by atoms with Crippen LogP contribution in [-0.4, -0.2) is 27.5 Å². The summed E-state index contributed by atoms with van der Waals surface area (Å²) in [6, 6.07) is 12.9. The van der Waals surface area contributed by atoms with Crippen molar-refractivity contribution in [3.05, 3.63) is 42.5 Å². The van der Waals surface area contributed by atoms with Crippen molar-refractivity contribution in [1.29, 1.82) is 0 Å². The van der Waals surface area contributed by atoms with Crippen molar-refractivity contribution < 1.29 is 8.42 Å². The average Bonchev–Trinajstić information content (AvgIpc) is 2.75. The molecule has 112 valence electrons. The van der Waals surface area contributed by atoms with Crippen molar-refractivity contribution in [2.75, 3.05) is 13.1 Å². The highest BCUT2D eigenvalue weighted by molar-refractivity contribution is 7.89. The Morgan fingerprint density at radius 2 is 1.86 bits per heavy atom. The summed E-state index contributed by atoms with van der Waals surface area (Å²) in [5.41, 5.74) is 0. The molecule has 1 aliphatic rings. The Balaban J connectivity index is 1.92. The first-order valence-corrected chi connectivity index (χ1v) is 8.86. The van der Waals surface area contributed by atoms with Crippen LogP contribution in [0.25, 0.3) is 10.8 Å². The van der Waals surface area contributed by atoms with Crippen molar-refractivity contribution in [2.24, 2.45) is 0 Å². The van der Waals surface area contributed by atoms with Gasteiger partial charge < -0.3 is 5.32 Å². The first kappa shape index (κ1) is 14.5. The van der Waals surface area contributed by atoms with E-state index in [2.05, 4.69) is 10.0 Å². The molecule has 21 heavy (non-hydrogen) atoms. The summed E-state index contributed by atoms with van der Waals surface area (Å²) in [6.45, 7) is 1.66. The number of benzene rings is 2. The molecule has 1 fully saturated rings. The highest BCUT2D eigenvalue weighted by Crippen LogP contribution is 2.23. The largest absolute Gasteiger partial charge is 0.315 e. The minimum atomic E-state index is -3.49. The number of fused-ring (bicyclic) bond motifs is 1. The lowest BCUT2D eigenvalue weighted by atomic mass is 10.1. The maximum atomic E-state index is 12.7. The van der Waals surface area contributed by atoms with Gasteiger partial charge in [0.25, 0.3) is 0 Å². The number of hydrogen-bond acceptors (Lipinski definition) is 3. The zero-order valence-electron chi connectivity index (χ0n) is 11.9. The number of nitrogens with one attached hydrogen (secondary N) is 2. The fourth-order valence-electron chi connectivity index (χ4n) is 2.83. The Hall–Kier alpha value is -1.43. The molecule has 0 aromatic heterocycles. The van der Waals surface area contributed by atoms with Gasteiger partial charge in [-0.1, -0.05) is 42.8 Å². The molecule has 1 unspecified atom stereocenters. The summed E-state index contributed by atoms with van der Waals surface area (Å²) in [4.78, 5) is 0.366. The van der Waals surface area contributed by atoms with Crippen molar-refractivity contribution in [2.45, 2.75) is 30.2 Å². The van der Waals surface area contributed by atoms with Crippen LogP contribution in [0.3, 0.4) is 0 Å². The van der Waals surface area contributed by atoms with Gasteiger partial charge in [0.1, 0.15) is 0 Å². The summed E-state index contributed by atoms with van der Waals surface area (Å²) in [5.74, 6) is 0.